The molecule has 9 heteroatoms. The molecule has 0 fully saturated rings. The zero-order chi connectivity index (χ0) is 29.1. The second-order valence-electron chi connectivity index (χ2n) is 11.2. The van der Waals surface area contributed by atoms with E-state index in [2.05, 4.69) is 57.0 Å². The van der Waals surface area contributed by atoms with Crippen molar-refractivity contribution in [3.8, 4) is 0 Å². The lowest BCUT2D eigenvalue weighted by atomic mass is 9.99. The third-order valence-corrected chi connectivity index (χ3v) is 7.25. The fraction of sp³-hybridized carbons (Fsp3) is 0.700. The summed E-state index contributed by atoms with van der Waals surface area (Å²) in [5.41, 5.74) is 2.53. The minimum Gasteiger partial charge on any atom is -1.00 e. The quantitative estimate of drug-likeness (QED) is 0.487. The van der Waals surface area contributed by atoms with Crippen LogP contribution in [0, 0.1) is 0 Å². The second kappa shape index (κ2) is 15.8. The van der Waals surface area contributed by atoms with Crippen molar-refractivity contribution in [3.05, 3.63) is 35.4 Å². The average molecular weight is 544 g/mol. The number of rotatable bonds is 9. The molecule has 4 heterocycles. The molecule has 1 N–H and O–H groups in total. The van der Waals surface area contributed by atoms with Gasteiger partial charge >= 0.3 is 0 Å². The van der Waals surface area contributed by atoms with E-state index in [1.807, 2.05) is 12.4 Å². The van der Waals surface area contributed by atoms with Crippen LogP contribution >= 0.6 is 0 Å². The summed E-state index contributed by atoms with van der Waals surface area (Å²) in [5.74, 6) is 3.42. The molecule has 0 radical (unpaired) electrons. The van der Waals surface area contributed by atoms with Gasteiger partial charge in [0, 0.05) is 82.4 Å². The molecule has 2 aliphatic rings. The van der Waals surface area contributed by atoms with Gasteiger partial charge in [0.25, 0.3) is 0 Å². The van der Waals surface area contributed by atoms with E-state index in [0.717, 1.165) is 63.8 Å². The Morgan fingerprint density at radius 2 is 1.33 bits per heavy atom. The van der Waals surface area contributed by atoms with E-state index in [9.17, 15) is 14.4 Å². The third kappa shape index (κ3) is 9.80. The Labute approximate surface area is 236 Å². The van der Waals surface area contributed by atoms with Gasteiger partial charge in [0.05, 0.1) is 11.4 Å². The Bertz CT molecular complexity index is 1090. The van der Waals surface area contributed by atoms with Gasteiger partial charge in [0.2, 0.25) is 0 Å². The molecule has 0 spiro atoms. The van der Waals surface area contributed by atoms with Gasteiger partial charge in [-0.15, -0.1) is 0 Å². The maximum Gasteiger partial charge on any atom is 0.130 e. The zero-order valence-corrected chi connectivity index (χ0v) is 25.4. The number of Topliss-reactive ketones (excluding diaryl/α,β-unsaturated/α-hetero) is 3. The molecule has 2 aromatic heterocycles. The maximum absolute atomic E-state index is 11.4. The number of imidazole rings is 2. The van der Waals surface area contributed by atoms with Crippen molar-refractivity contribution in [1.29, 1.82) is 0 Å². The minimum absolute atomic E-state index is 0. The van der Waals surface area contributed by atoms with Crippen molar-refractivity contribution in [2.24, 2.45) is 0 Å². The van der Waals surface area contributed by atoms with Gasteiger partial charge in [-0.25, -0.2) is 9.97 Å². The first-order chi connectivity index (χ1) is 18.5. The zero-order valence-electron chi connectivity index (χ0n) is 26.4. The van der Waals surface area contributed by atoms with Crippen LogP contribution in [0.3, 0.4) is 0 Å². The van der Waals surface area contributed by atoms with Gasteiger partial charge in [-0.3, -0.25) is 4.90 Å². The van der Waals surface area contributed by atoms with Gasteiger partial charge in [-0.1, -0.05) is 13.8 Å². The lowest BCUT2D eigenvalue weighted by Crippen LogP contribution is -2.38. The van der Waals surface area contributed by atoms with Gasteiger partial charge in [-0.2, -0.15) is 0 Å². The number of ketones is 3. The number of aromatic nitrogens is 4. The second-order valence-corrected chi connectivity index (χ2v) is 11.2. The third-order valence-electron chi connectivity index (χ3n) is 7.25. The fourth-order valence-electron chi connectivity index (χ4n) is 5.18. The van der Waals surface area contributed by atoms with Crippen LogP contribution < -0.4 is 5.32 Å². The number of hydrogen-bond acceptors (Lipinski definition) is 7. The monoisotopic (exact) mass is 543 g/mol. The van der Waals surface area contributed by atoms with Crippen molar-refractivity contribution in [2.45, 2.75) is 125 Å². The molecular weight excluding hydrogens is 492 g/mol. The van der Waals surface area contributed by atoms with Gasteiger partial charge < -0.3 is 30.3 Å². The average Bonchev–Trinajstić information content (AvgIpc) is 3.50. The van der Waals surface area contributed by atoms with Gasteiger partial charge in [0.1, 0.15) is 29.0 Å². The normalized spacial score (nSPS) is 16.1. The Morgan fingerprint density at radius 1 is 0.846 bits per heavy atom. The van der Waals surface area contributed by atoms with E-state index in [0.29, 0.717) is 18.9 Å². The largest absolute Gasteiger partial charge is 1.00 e. The van der Waals surface area contributed by atoms with Crippen molar-refractivity contribution >= 4 is 17.3 Å². The number of hydrogen-bond donors (Lipinski definition) is 1. The first-order valence-electron chi connectivity index (χ1n) is 14.5. The van der Waals surface area contributed by atoms with Gasteiger partial charge in [-0.05, 0) is 54.4 Å². The summed E-state index contributed by atoms with van der Waals surface area (Å²) in [4.78, 5) is 43.6. The molecule has 2 aromatic rings. The predicted molar refractivity (Wildman–Crippen MR) is 156 cm³/mol. The van der Waals surface area contributed by atoms with Crippen LogP contribution in [0.15, 0.2) is 12.4 Å². The minimum atomic E-state index is 0. The molecule has 0 saturated heterocycles. The molecule has 220 valence electrons. The lowest BCUT2D eigenvalue weighted by Gasteiger charge is -2.32. The van der Waals surface area contributed by atoms with Crippen molar-refractivity contribution in [1.82, 2.24) is 29.3 Å². The van der Waals surface area contributed by atoms with Crippen molar-refractivity contribution in [3.63, 3.8) is 0 Å². The SMILES string of the molecule is CC(C)=O.CCC(CC(C)=O)c1ncc2n1CCN(C(C)C)C2.CCC(CC(C)=O)c1ncc2n1CCNC2.[H-]. The smallest absolute Gasteiger partial charge is 0.130 e. The van der Waals surface area contributed by atoms with E-state index in [1.165, 1.54) is 25.2 Å². The molecule has 0 aromatic carbocycles. The number of carbonyl (C=O) groups excluding carboxylic acids is 3. The summed E-state index contributed by atoms with van der Waals surface area (Å²) < 4.78 is 4.60. The first-order valence-corrected chi connectivity index (χ1v) is 14.5. The van der Waals surface area contributed by atoms with E-state index in [1.54, 1.807) is 13.8 Å². The summed E-state index contributed by atoms with van der Waals surface area (Å²) in [7, 11) is 0. The van der Waals surface area contributed by atoms with E-state index in [-0.39, 0.29) is 30.6 Å². The molecule has 0 aliphatic carbocycles. The summed E-state index contributed by atoms with van der Waals surface area (Å²) in [6.07, 6.45) is 7.10. The maximum atomic E-state index is 11.4. The van der Waals surface area contributed by atoms with Crippen LogP contribution in [0.2, 0.25) is 0 Å². The molecule has 2 aliphatic heterocycles. The molecular formula is C30H51N6O3-. The molecule has 9 nitrogen and oxygen atoms in total. The molecule has 2 atom stereocenters. The van der Waals surface area contributed by atoms with E-state index in [4.69, 9.17) is 0 Å². The van der Waals surface area contributed by atoms with E-state index < -0.39 is 0 Å². The standard InChI is InChI=1S/C15H25N3O.C12H19N3O.C3H6O.H/c1-5-13(8-12(4)19)15-16-9-14-10-17(11(2)3)6-7-18(14)15;1-3-10(6-9(2)16)12-14-8-11-7-13-4-5-15(11)12;1-3(2)4;/h9,11,13H,5-8,10H2,1-4H3;8,10,13H,3-7H2,1-2H3;1-2H3;/q;;;-1. The molecule has 39 heavy (non-hydrogen) atoms. The molecule has 0 saturated carbocycles. The number of nitrogens with zero attached hydrogens (tertiary/aromatic N) is 5. The van der Waals surface area contributed by atoms with Crippen LogP contribution in [0.1, 0.15) is 117 Å². The fourth-order valence-corrected chi connectivity index (χ4v) is 5.18. The first kappa shape index (κ1) is 32.6. The summed E-state index contributed by atoms with van der Waals surface area (Å²) in [5, 5.41) is 3.32. The molecule has 4 rings (SSSR count). The van der Waals surface area contributed by atoms with Crippen LogP contribution in [0.5, 0.6) is 0 Å². The molecule has 0 amide bonds. The Kier molecular flexibility index (Phi) is 13.2. The summed E-state index contributed by atoms with van der Waals surface area (Å²) in [6, 6.07) is 0.575. The van der Waals surface area contributed by atoms with Crippen molar-refractivity contribution < 1.29 is 15.8 Å². The highest BCUT2D eigenvalue weighted by Crippen LogP contribution is 2.27. The Balaban J connectivity index is 0.000000349. The van der Waals surface area contributed by atoms with Crippen LogP contribution in [-0.4, -0.2) is 60.5 Å². The number of nitrogens with one attached hydrogen (secondary N) is 1. The number of fused-ring (bicyclic) bond motifs is 2. The highest BCUT2D eigenvalue weighted by atomic mass is 16.1. The van der Waals surface area contributed by atoms with Crippen LogP contribution in [0.25, 0.3) is 0 Å². The number of carbonyl (C=O) groups is 3. The van der Waals surface area contributed by atoms with Crippen LogP contribution in [0.4, 0.5) is 0 Å². The Morgan fingerprint density at radius 3 is 1.79 bits per heavy atom. The van der Waals surface area contributed by atoms with Crippen LogP contribution in [-0.2, 0) is 40.6 Å². The highest BCUT2D eigenvalue weighted by molar-refractivity contribution is 5.76. The van der Waals surface area contributed by atoms with Gasteiger partial charge in [0.15, 0.2) is 0 Å². The topological polar surface area (TPSA) is 102 Å². The molecule has 2 unspecified atom stereocenters. The Hall–Kier alpha value is -2.65. The summed E-state index contributed by atoms with van der Waals surface area (Å²) >= 11 is 0. The predicted octanol–water partition coefficient (Wildman–Crippen LogP) is 4.75. The molecule has 0 bridgehead atoms. The highest BCUT2D eigenvalue weighted by Gasteiger charge is 2.25. The van der Waals surface area contributed by atoms with E-state index >= 15 is 0 Å². The summed E-state index contributed by atoms with van der Waals surface area (Å²) in [6.45, 7) is 21.0. The lowest BCUT2D eigenvalue weighted by molar-refractivity contribution is -0.118. The van der Waals surface area contributed by atoms with Crippen molar-refractivity contribution in [2.75, 3.05) is 13.1 Å².